The van der Waals surface area contributed by atoms with Gasteiger partial charge in [0.05, 0.1) is 17.6 Å². The van der Waals surface area contributed by atoms with Crippen LogP contribution in [0.3, 0.4) is 0 Å². The van der Waals surface area contributed by atoms with Gasteiger partial charge in [0.2, 0.25) is 0 Å². The quantitative estimate of drug-likeness (QED) is 0.768. The molecule has 0 atom stereocenters. The van der Waals surface area contributed by atoms with E-state index in [0.29, 0.717) is 0 Å². The zero-order valence-corrected chi connectivity index (χ0v) is 10.2. The predicted octanol–water partition coefficient (Wildman–Crippen LogP) is 2.20. The molecule has 1 aromatic carbocycles. The molecule has 0 radical (unpaired) electrons. The Morgan fingerprint density at radius 1 is 1.35 bits per heavy atom. The van der Waals surface area contributed by atoms with Gasteiger partial charge in [0.1, 0.15) is 0 Å². The van der Waals surface area contributed by atoms with Crippen molar-refractivity contribution >= 4 is 21.4 Å². The van der Waals surface area contributed by atoms with Crippen LogP contribution >= 0.6 is 11.3 Å². The number of fused-ring (bicyclic) bond motifs is 1. The molecule has 0 spiro atoms. The van der Waals surface area contributed by atoms with E-state index in [1.165, 1.54) is 10.1 Å². The predicted molar refractivity (Wildman–Crippen MR) is 69.5 cm³/mol. The van der Waals surface area contributed by atoms with E-state index in [-0.39, 0.29) is 0 Å². The first-order chi connectivity index (χ1) is 8.36. The maximum atomic E-state index is 4.13. The molecule has 0 unspecified atom stereocenters. The lowest BCUT2D eigenvalue weighted by molar-refractivity contribution is 0.767. The first kappa shape index (κ1) is 10.4. The Kier molecular flexibility index (Phi) is 2.62. The minimum atomic E-state index is 0.737. The van der Waals surface area contributed by atoms with Gasteiger partial charge in [0, 0.05) is 11.2 Å². The van der Waals surface area contributed by atoms with Gasteiger partial charge in [0.25, 0.3) is 0 Å². The molecule has 2 aromatic heterocycles. The normalized spacial score (nSPS) is 11.1. The Bertz CT molecular complexity index is 641. The van der Waals surface area contributed by atoms with E-state index < -0.39 is 0 Å². The average Bonchev–Trinajstić information content (AvgIpc) is 2.96. The number of hydrogen-bond acceptors (Lipinski definition) is 4. The van der Waals surface area contributed by atoms with Gasteiger partial charge in [-0.3, -0.25) is 0 Å². The number of thiophene rings is 1. The maximum absolute atomic E-state index is 4.13. The molecule has 0 bridgehead atoms. The molecule has 0 aliphatic heterocycles. The summed E-state index contributed by atoms with van der Waals surface area (Å²) in [6.07, 6.45) is 1.95. The van der Waals surface area contributed by atoms with Crippen LogP contribution < -0.4 is 5.32 Å². The van der Waals surface area contributed by atoms with Gasteiger partial charge in [-0.2, -0.15) is 0 Å². The zero-order chi connectivity index (χ0) is 11.7. The summed E-state index contributed by atoms with van der Waals surface area (Å²) in [5.74, 6) is 0. The monoisotopic (exact) mass is 244 g/mol. The minimum absolute atomic E-state index is 0.737. The largest absolute Gasteiger partial charge is 0.314 e. The third-order valence-corrected chi connectivity index (χ3v) is 3.50. The molecule has 0 aliphatic rings. The summed E-state index contributed by atoms with van der Waals surface area (Å²) in [6, 6.07) is 8.43. The second kappa shape index (κ2) is 4.27. The number of rotatable bonds is 3. The fraction of sp³-hybridized carbons (Fsp3) is 0.167. The SMILES string of the molecule is CNCc1cn(-c2ccc3sccc3c2)nn1. The summed E-state index contributed by atoms with van der Waals surface area (Å²) in [7, 11) is 1.90. The van der Waals surface area contributed by atoms with Crippen molar-refractivity contribution in [2.45, 2.75) is 6.54 Å². The second-order valence-electron chi connectivity index (χ2n) is 3.83. The van der Waals surface area contributed by atoms with Gasteiger partial charge in [-0.05, 0) is 42.1 Å². The molecule has 1 N–H and O–H groups in total. The topological polar surface area (TPSA) is 42.7 Å². The van der Waals surface area contributed by atoms with E-state index in [1.54, 1.807) is 11.3 Å². The molecule has 4 nitrogen and oxygen atoms in total. The Balaban J connectivity index is 2.00. The molecule has 0 saturated carbocycles. The Labute approximate surface area is 103 Å². The number of benzene rings is 1. The van der Waals surface area contributed by atoms with Crippen molar-refractivity contribution in [1.29, 1.82) is 0 Å². The fourth-order valence-electron chi connectivity index (χ4n) is 1.78. The van der Waals surface area contributed by atoms with Crippen molar-refractivity contribution in [3.8, 4) is 5.69 Å². The molecular weight excluding hydrogens is 232 g/mol. The van der Waals surface area contributed by atoms with Gasteiger partial charge in [-0.25, -0.2) is 4.68 Å². The Morgan fingerprint density at radius 2 is 2.29 bits per heavy atom. The van der Waals surface area contributed by atoms with Crippen LogP contribution in [0.2, 0.25) is 0 Å². The van der Waals surface area contributed by atoms with Crippen LogP contribution in [0.15, 0.2) is 35.8 Å². The summed E-state index contributed by atoms with van der Waals surface area (Å²) in [6.45, 7) is 0.737. The van der Waals surface area contributed by atoms with E-state index in [0.717, 1.165) is 17.9 Å². The highest BCUT2D eigenvalue weighted by Gasteiger charge is 2.03. The highest BCUT2D eigenvalue weighted by atomic mass is 32.1. The molecule has 0 aliphatic carbocycles. The van der Waals surface area contributed by atoms with E-state index in [2.05, 4.69) is 45.3 Å². The second-order valence-corrected chi connectivity index (χ2v) is 4.78. The molecule has 0 saturated heterocycles. The number of nitrogens with one attached hydrogen (secondary N) is 1. The lowest BCUT2D eigenvalue weighted by Crippen LogP contribution is -2.04. The van der Waals surface area contributed by atoms with E-state index >= 15 is 0 Å². The van der Waals surface area contributed by atoms with Gasteiger partial charge in [-0.1, -0.05) is 5.21 Å². The van der Waals surface area contributed by atoms with Gasteiger partial charge in [-0.15, -0.1) is 16.4 Å². The summed E-state index contributed by atoms with van der Waals surface area (Å²) >= 11 is 1.75. The van der Waals surface area contributed by atoms with E-state index in [9.17, 15) is 0 Å². The summed E-state index contributed by atoms with van der Waals surface area (Å²) < 4.78 is 3.10. The number of hydrogen-bond donors (Lipinski definition) is 1. The van der Waals surface area contributed by atoms with E-state index in [4.69, 9.17) is 0 Å². The molecule has 86 valence electrons. The van der Waals surface area contributed by atoms with Crippen LogP contribution in [0.4, 0.5) is 0 Å². The molecule has 17 heavy (non-hydrogen) atoms. The lowest BCUT2D eigenvalue weighted by atomic mass is 10.2. The van der Waals surface area contributed by atoms with Crippen molar-refractivity contribution in [3.05, 3.63) is 41.5 Å². The third-order valence-electron chi connectivity index (χ3n) is 2.60. The fourth-order valence-corrected chi connectivity index (χ4v) is 2.55. The van der Waals surface area contributed by atoms with Crippen LogP contribution in [-0.2, 0) is 6.54 Å². The Morgan fingerprint density at radius 3 is 3.18 bits per heavy atom. The molecule has 0 fully saturated rings. The smallest absolute Gasteiger partial charge is 0.0969 e. The van der Waals surface area contributed by atoms with Crippen LogP contribution in [0, 0.1) is 0 Å². The van der Waals surface area contributed by atoms with Crippen LogP contribution in [0.25, 0.3) is 15.8 Å². The molecule has 3 aromatic rings. The molecule has 5 heteroatoms. The highest BCUT2D eigenvalue weighted by Crippen LogP contribution is 2.23. The van der Waals surface area contributed by atoms with Crippen molar-refractivity contribution in [2.75, 3.05) is 7.05 Å². The minimum Gasteiger partial charge on any atom is -0.314 e. The zero-order valence-electron chi connectivity index (χ0n) is 9.42. The Hall–Kier alpha value is -1.72. The summed E-state index contributed by atoms with van der Waals surface area (Å²) in [5.41, 5.74) is 1.99. The van der Waals surface area contributed by atoms with Crippen molar-refractivity contribution in [2.24, 2.45) is 0 Å². The standard InChI is InChI=1S/C12H12N4S/c1-13-7-10-8-16(15-14-10)11-2-3-12-9(6-11)4-5-17-12/h2-6,8,13H,7H2,1H3. The summed E-state index contributed by atoms with van der Waals surface area (Å²) in [4.78, 5) is 0. The van der Waals surface area contributed by atoms with Crippen LogP contribution in [0.1, 0.15) is 5.69 Å². The van der Waals surface area contributed by atoms with Crippen molar-refractivity contribution in [3.63, 3.8) is 0 Å². The molecular formula is C12H12N4S. The first-order valence-electron chi connectivity index (χ1n) is 5.40. The average molecular weight is 244 g/mol. The van der Waals surface area contributed by atoms with Crippen molar-refractivity contribution in [1.82, 2.24) is 20.3 Å². The number of nitrogens with zero attached hydrogens (tertiary/aromatic N) is 3. The van der Waals surface area contributed by atoms with Gasteiger partial charge < -0.3 is 5.32 Å². The summed E-state index contributed by atoms with van der Waals surface area (Å²) in [5, 5.41) is 14.6. The van der Waals surface area contributed by atoms with E-state index in [1.807, 2.05) is 17.9 Å². The van der Waals surface area contributed by atoms with Crippen LogP contribution in [0.5, 0.6) is 0 Å². The lowest BCUT2D eigenvalue weighted by Gasteiger charge is -1.99. The molecule has 2 heterocycles. The van der Waals surface area contributed by atoms with Crippen LogP contribution in [-0.4, -0.2) is 22.0 Å². The van der Waals surface area contributed by atoms with Crippen molar-refractivity contribution < 1.29 is 0 Å². The molecule has 3 rings (SSSR count). The third kappa shape index (κ3) is 1.94. The van der Waals surface area contributed by atoms with Gasteiger partial charge in [0.15, 0.2) is 0 Å². The highest BCUT2D eigenvalue weighted by molar-refractivity contribution is 7.17. The molecule has 0 amide bonds. The van der Waals surface area contributed by atoms with Gasteiger partial charge >= 0.3 is 0 Å². The maximum Gasteiger partial charge on any atom is 0.0969 e. The number of aromatic nitrogens is 3. The first-order valence-corrected chi connectivity index (χ1v) is 6.28.